The van der Waals surface area contributed by atoms with Crippen molar-refractivity contribution < 1.29 is 51.4 Å². The number of ether oxygens (including phenoxy) is 2. The number of benzene rings is 1. The number of allylic oxidation sites excluding steroid dienone is 2. The number of carbonyl (C=O) groups excluding carboxylic acids is 2. The number of amides is 2. The number of nitrogens with one attached hydrogen (secondary N) is 2. The average Bonchev–Trinajstić information content (AvgIpc) is 3.35. The number of aliphatic hydroxyl groups is 1. The van der Waals surface area contributed by atoms with E-state index in [1.165, 1.54) is 25.1 Å². The third-order valence-electron chi connectivity index (χ3n) is 7.41. The smallest absolute Gasteiger partial charge is 0.424 e. The maximum atomic E-state index is 14.7. The van der Waals surface area contributed by atoms with Gasteiger partial charge in [0.1, 0.15) is 47.2 Å². The second-order valence-corrected chi connectivity index (χ2v) is 10.8. The Labute approximate surface area is 262 Å². The number of fused-ring (bicyclic) bond motifs is 1. The summed E-state index contributed by atoms with van der Waals surface area (Å²) in [6.45, 7) is -3.43. The van der Waals surface area contributed by atoms with Gasteiger partial charge in [0, 0.05) is 16.7 Å². The van der Waals surface area contributed by atoms with E-state index in [0.717, 1.165) is 31.5 Å². The van der Waals surface area contributed by atoms with Crippen molar-refractivity contribution in [1.82, 2.24) is 10.3 Å². The summed E-state index contributed by atoms with van der Waals surface area (Å²) in [7, 11) is 1.14. The first-order chi connectivity index (χ1) is 21.5. The lowest BCUT2D eigenvalue weighted by atomic mass is 9.81. The molecule has 46 heavy (non-hydrogen) atoms. The predicted octanol–water partition coefficient (Wildman–Crippen LogP) is 2.44. The van der Waals surface area contributed by atoms with Gasteiger partial charge in [0.2, 0.25) is 11.5 Å². The molecular formula is C29H25ClF5N6O5+. The highest BCUT2D eigenvalue weighted by Gasteiger charge is 2.57. The zero-order valence-corrected chi connectivity index (χ0v) is 24.7. The van der Waals surface area contributed by atoms with E-state index in [1.807, 2.05) is 11.4 Å². The molecule has 1 aromatic heterocycles. The van der Waals surface area contributed by atoms with Crippen molar-refractivity contribution in [3.05, 3.63) is 81.4 Å². The van der Waals surface area contributed by atoms with E-state index in [2.05, 4.69) is 4.98 Å². The average molecular weight is 668 g/mol. The van der Waals surface area contributed by atoms with Gasteiger partial charge in [-0.1, -0.05) is 17.7 Å². The van der Waals surface area contributed by atoms with Crippen molar-refractivity contribution in [2.75, 3.05) is 20.3 Å². The maximum Gasteiger partial charge on any atom is 0.424 e. The van der Waals surface area contributed by atoms with Crippen LogP contribution >= 0.6 is 11.6 Å². The molecule has 0 saturated heterocycles. The van der Waals surface area contributed by atoms with Gasteiger partial charge in [0.15, 0.2) is 0 Å². The molecule has 7 N–H and O–H groups in total. The number of methoxy groups -OCH3 is 1. The number of nitrogens with two attached hydrogens (primary N) is 2. The molecule has 4 rings (SSSR count). The van der Waals surface area contributed by atoms with E-state index in [1.54, 1.807) is 0 Å². The van der Waals surface area contributed by atoms with Crippen molar-refractivity contribution in [1.29, 1.82) is 10.7 Å². The number of alkyl halides is 5. The monoisotopic (exact) mass is 667 g/mol. The molecule has 2 aromatic rings. The quantitative estimate of drug-likeness (QED) is 0.201. The molecule has 0 radical (unpaired) electrons. The summed E-state index contributed by atoms with van der Waals surface area (Å²) in [5, 5.41) is 30.9. The third kappa shape index (κ3) is 6.16. The minimum atomic E-state index is -5.47. The Hall–Kier alpha value is -4.85. The van der Waals surface area contributed by atoms with E-state index >= 15 is 0 Å². The number of nitriles is 1. The molecule has 2 atom stereocenters. The Bertz CT molecular complexity index is 1770. The summed E-state index contributed by atoms with van der Waals surface area (Å²) < 4.78 is 80.3. The van der Waals surface area contributed by atoms with Crippen LogP contribution in [-0.2, 0) is 25.3 Å². The summed E-state index contributed by atoms with van der Waals surface area (Å²) in [6.07, 6.45) is -2.62. The Kier molecular flexibility index (Phi) is 9.25. The molecule has 242 valence electrons. The normalized spacial score (nSPS) is 19.8. The molecule has 1 aliphatic heterocycles. The van der Waals surface area contributed by atoms with Crippen LogP contribution in [0.15, 0.2) is 59.5 Å². The SMILES string of the molecule is COC1=CC(C(=O)NC[C@](O)(c2cc3c(c(-c4ccc(C#N)c(Cl)c4)n2)OC[C@]3(C)C(N)=O)C(F)(F)F)=C/C(=C/[NH2+]C(F)F)C1=N. The van der Waals surface area contributed by atoms with Gasteiger partial charge in [-0.05, 0) is 37.3 Å². The van der Waals surface area contributed by atoms with Crippen LogP contribution in [0.2, 0.25) is 5.02 Å². The van der Waals surface area contributed by atoms with Crippen molar-refractivity contribution in [2.24, 2.45) is 5.73 Å². The molecule has 0 bridgehead atoms. The zero-order valence-electron chi connectivity index (χ0n) is 23.9. The lowest BCUT2D eigenvalue weighted by molar-refractivity contribution is -0.681. The van der Waals surface area contributed by atoms with Crippen molar-refractivity contribution in [3.8, 4) is 23.1 Å². The van der Waals surface area contributed by atoms with E-state index < -0.39 is 47.8 Å². The number of pyridine rings is 1. The molecule has 0 unspecified atom stereocenters. The summed E-state index contributed by atoms with van der Waals surface area (Å²) >= 11 is 6.16. The van der Waals surface area contributed by atoms with Crippen molar-refractivity contribution in [3.63, 3.8) is 0 Å². The number of nitrogens with zero attached hydrogens (tertiary/aromatic N) is 2. The number of hydrogen-bond donors (Lipinski definition) is 5. The summed E-state index contributed by atoms with van der Waals surface area (Å²) in [5.74, 6) is -2.46. The van der Waals surface area contributed by atoms with Gasteiger partial charge in [-0.2, -0.15) is 27.2 Å². The largest absolute Gasteiger partial charge is 0.494 e. The number of quaternary nitrogens is 1. The molecule has 1 aromatic carbocycles. The van der Waals surface area contributed by atoms with Gasteiger partial charge >= 0.3 is 12.7 Å². The van der Waals surface area contributed by atoms with Crippen LogP contribution < -0.4 is 21.1 Å². The van der Waals surface area contributed by atoms with Gasteiger partial charge in [-0.3, -0.25) is 20.3 Å². The van der Waals surface area contributed by atoms with Crippen LogP contribution in [0.25, 0.3) is 11.3 Å². The minimum absolute atomic E-state index is 0.0542. The second-order valence-electron chi connectivity index (χ2n) is 10.4. The number of carbonyl (C=O) groups is 2. The Morgan fingerprint density at radius 3 is 2.61 bits per heavy atom. The number of rotatable bonds is 9. The highest BCUT2D eigenvalue weighted by atomic mass is 35.5. The molecule has 2 aliphatic rings. The van der Waals surface area contributed by atoms with Crippen molar-refractivity contribution in [2.45, 2.75) is 30.7 Å². The highest BCUT2D eigenvalue weighted by molar-refractivity contribution is 6.32. The molecular weight excluding hydrogens is 643 g/mol. The van der Waals surface area contributed by atoms with Crippen LogP contribution in [0.4, 0.5) is 22.0 Å². The topological polar surface area (TPSA) is 188 Å². The molecule has 2 heterocycles. The number of aromatic nitrogens is 1. The molecule has 1 aliphatic carbocycles. The van der Waals surface area contributed by atoms with Gasteiger partial charge in [0.25, 0.3) is 5.91 Å². The lowest BCUT2D eigenvalue weighted by Gasteiger charge is -2.31. The van der Waals surface area contributed by atoms with Crippen LogP contribution in [0.1, 0.15) is 23.7 Å². The standard InChI is InChI=1S/C29H24ClF5N6O5/c1-27(25(38)43)12-46-23-17(27)8-20(41-22(23)13-3-4-14(9-36)18(30)6-13)28(44,29(33,34)35)11-40-24(42)15-5-16(10-39-26(31)32)21(37)19(7-15)45-2/h3-8,10,26,37,39,44H,11-12H2,1-2H3,(H2,38,43)(H,40,42)/p+1/b16-10-,37-21?/t27-,28-/m0/s1. The van der Waals surface area contributed by atoms with Crippen LogP contribution in [0, 0.1) is 16.7 Å². The number of hydrogen-bond acceptors (Lipinski definition) is 8. The van der Waals surface area contributed by atoms with E-state index in [-0.39, 0.29) is 62.4 Å². The minimum Gasteiger partial charge on any atom is -0.494 e. The molecule has 0 fully saturated rings. The fraction of sp³-hybridized carbons (Fsp3) is 0.276. The van der Waals surface area contributed by atoms with Gasteiger partial charge in [-0.25, -0.2) is 4.98 Å². The van der Waals surface area contributed by atoms with Gasteiger partial charge in [0.05, 0.1) is 35.5 Å². The Morgan fingerprint density at radius 1 is 1.35 bits per heavy atom. The maximum absolute atomic E-state index is 14.7. The highest BCUT2D eigenvalue weighted by Crippen LogP contribution is 2.48. The molecule has 11 nitrogen and oxygen atoms in total. The third-order valence-corrected chi connectivity index (χ3v) is 7.73. The first kappa shape index (κ1) is 34.0. The van der Waals surface area contributed by atoms with Crippen LogP contribution in [0.5, 0.6) is 5.75 Å². The Balaban J connectivity index is 1.81. The van der Waals surface area contributed by atoms with Gasteiger partial charge in [-0.15, -0.1) is 0 Å². The number of primary amides is 1. The molecule has 0 saturated carbocycles. The van der Waals surface area contributed by atoms with Crippen LogP contribution in [-0.4, -0.2) is 60.6 Å². The van der Waals surface area contributed by atoms with Crippen molar-refractivity contribution >= 4 is 29.1 Å². The molecule has 0 spiro atoms. The lowest BCUT2D eigenvalue weighted by Crippen LogP contribution is -2.82. The second kappa shape index (κ2) is 12.5. The first-order valence-corrected chi connectivity index (χ1v) is 13.5. The van der Waals surface area contributed by atoms with Crippen LogP contribution in [0.3, 0.4) is 0 Å². The summed E-state index contributed by atoms with van der Waals surface area (Å²) in [4.78, 5) is 29.6. The predicted molar refractivity (Wildman–Crippen MR) is 151 cm³/mol. The molecule has 2 amide bonds. The number of halogens is 6. The zero-order chi connectivity index (χ0) is 34.2. The van der Waals surface area contributed by atoms with E-state index in [9.17, 15) is 41.9 Å². The Morgan fingerprint density at radius 2 is 2.04 bits per heavy atom. The van der Waals surface area contributed by atoms with E-state index in [0.29, 0.717) is 5.32 Å². The fourth-order valence-corrected chi connectivity index (χ4v) is 4.85. The molecule has 17 heteroatoms. The fourth-order valence-electron chi connectivity index (χ4n) is 4.63. The van der Waals surface area contributed by atoms with Gasteiger partial charge < -0.3 is 25.6 Å². The summed E-state index contributed by atoms with van der Waals surface area (Å²) in [5.41, 5.74) is -2.14. The first-order valence-electron chi connectivity index (χ1n) is 13.1. The summed E-state index contributed by atoms with van der Waals surface area (Å²) in [6, 6.07) is 6.52. The van der Waals surface area contributed by atoms with E-state index in [4.69, 9.17) is 32.2 Å².